The second-order valence-electron chi connectivity index (χ2n) is 4.28. The Morgan fingerprint density at radius 1 is 1.22 bits per heavy atom. The summed E-state index contributed by atoms with van der Waals surface area (Å²) in [5.74, 6) is 0.930. The fraction of sp³-hybridized carbons (Fsp3) is 0.267. The van der Waals surface area contributed by atoms with Crippen molar-refractivity contribution in [2.45, 2.75) is 20.0 Å². The SMILES string of the molecule is COc1ccc(C)cc1CNCc1cccnc1. The van der Waals surface area contributed by atoms with E-state index in [-0.39, 0.29) is 0 Å². The van der Waals surface area contributed by atoms with Crippen LogP contribution in [0.15, 0.2) is 42.7 Å². The van der Waals surface area contributed by atoms with E-state index in [4.69, 9.17) is 4.74 Å². The van der Waals surface area contributed by atoms with E-state index < -0.39 is 0 Å². The Bertz CT molecular complexity index is 497. The molecule has 3 nitrogen and oxygen atoms in total. The Morgan fingerprint density at radius 2 is 2.11 bits per heavy atom. The second kappa shape index (κ2) is 6.17. The zero-order valence-electron chi connectivity index (χ0n) is 10.8. The maximum Gasteiger partial charge on any atom is 0.123 e. The van der Waals surface area contributed by atoms with Crippen LogP contribution in [0, 0.1) is 6.92 Å². The highest BCUT2D eigenvalue weighted by Gasteiger charge is 2.02. The molecule has 2 aromatic rings. The van der Waals surface area contributed by atoms with E-state index in [2.05, 4.69) is 35.4 Å². The molecule has 0 amide bonds. The Morgan fingerprint density at radius 3 is 2.83 bits per heavy atom. The maximum absolute atomic E-state index is 5.35. The standard InChI is InChI=1S/C15H18N2O/c1-12-5-6-15(18-2)14(8-12)11-17-10-13-4-3-7-16-9-13/h3-9,17H,10-11H2,1-2H3. The van der Waals surface area contributed by atoms with Crippen LogP contribution in [0.2, 0.25) is 0 Å². The Balaban J connectivity index is 1.96. The highest BCUT2D eigenvalue weighted by atomic mass is 16.5. The Hall–Kier alpha value is -1.87. The lowest BCUT2D eigenvalue weighted by Crippen LogP contribution is -2.13. The summed E-state index contributed by atoms with van der Waals surface area (Å²) >= 11 is 0. The van der Waals surface area contributed by atoms with Gasteiger partial charge in [0.15, 0.2) is 0 Å². The van der Waals surface area contributed by atoms with Gasteiger partial charge >= 0.3 is 0 Å². The number of ether oxygens (including phenoxy) is 1. The highest BCUT2D eigenvalue weighted by molar-refractivity contribution is 5.36. The van der Waals surface area contributed by atoms with Gasteiger partial charge in [-0.25, -0.2) is 0 Å². The minimum absolute atomic E-state index is 0.791. The van der Waals surface area contributed by atoms with Crippen LogP contribution >= 0.6 is 0 Å². The van der Waals surface area contributed by atoms with Crippen molar-refractivity contribution in [2.24, 2.45) is 0 Å². The van der Waals surface area contributed by atoms with Crippen LogP contribution in [0.5, 0.6) is 5.75 Å². The van der Waals surface area contributed by atoms with Gasteiger partial charge in [0.2, 0.25) is 0 Å². The van der Waals surface area contributed by atoms with E-state index in [0.29, 0.717) is 0 Å². The normalized spacial score (nSPS) is 10.3. The molecule has 1 heterocycles. The number of nitrogens with zero attached hydrogens (tertiary/aromatic N) is 1. The third kappa shape index (κ3) is 3.31. The summed E-state index contributed by atoms with van der Waals surface area (Å²) in [5.41, 5.74) is 3.61. The summed E-state index contributed by atoms with van der Waals surface area (Å²) in [4.78, 5) is 4.09. The molecular formula is C15H18N2O. The summed E-state index contributed by atoms with van der Waals surface area (Å²) in [5, 5.41) is 3.40. The van der Waals surface area contributed by atoms with Crippen molar-refractivity contribution in [3.63, 3.8) is 0 Å². The number of pyridine rings is 1. The van der Waals surface area contributed by atoms with Crippen molar-refractivity contribution < 1.29 is 4.74 Å². The Kier molecular flexibility index (Phi) is 4.31. The summed E-state index contributed by atoms with van der Waals surface area (Å²) < 4.78 is 5.35. The van der Waals surface area contributed by atoms with Crippen molar-refractivity contribution in [1.82, 2.24) is 10.3 Å². The third-order valence-corrected chi connectivity index (χ3v) is 2.80. The van der Waals surface area contributed by atoms with Crippen LogP contribution in [-0.2, 0) is 13.1 Å². The fourth-order valence-corrected chi connectivity index (χ4v) is 1.89. The number of rotatable bonds is 5. The molecule has 0 fully saturated rings. The average Bonchev–Trinajstić information content (AvgIpc) is 2.40. The lowest BCUT2D eigenvalue weighted by molar-refractivity contribution is 0.407. The predicted molar refractivity (Wildman–Crippen MR) is 72.5 cm³/mol. The lowest BCUT2D eigenvalue weighted by Gasteiger charge is -2.10. The van der Waals surface area contributed by atoms with E-state index in [0.717, 1.165) is 18.8 Å². The molecule has 0 atom stereocenters. The number of methoxy groups -OCH3 is 1. The van der Waals surface area contributed by atoms with Crippen molar-refractivity contribution in [2.75, 3.05) is 7.11 Å². The summed E-state index contributed by atoms with van der Waals surface area (Å²) in [6, 6.07) is 10.2. The van der Waals surface area contributed by atoms with Gasteiger partial charge in [0, 0.05) is 31.0 Å². The number of hydrogen-bond donors (Lipinski definition) is 1. The fourth-order valence-electron chi connectivity index (χ4n) is 1.89. The summed E-state index contributed by atoms with van der Waals surface area (Å²) in [7, 11) is 1.70. The molecule has 1 aromatic heterocycles. The number of aryl methyl sites for hydroxylation is 1. The molecule has 0 spiro atoms. The van der Waals surface area contributed by atoms with Crippen LogP contribution in [0.3, 0.4) is 0 Å². The molecule has 2 rings (SSSR count). The van der Waals surface area contributed by atoms with Crippen LogP contribution in [0.1, 0.15) is 16.7 Å². The molecule has 0 aliphatic carbocycles. The maximum atomic E-state index is 5.35. The smallest absolute Gasteiger partial charge is 0.123 e. The summed E-state index contributed by atoms with van der Waals surface area (Å²) in [6.07, 6.45) is 3.66. The monoisotopic (exact) mass is 242 g/mol. The molecule has 18 heavy (non-hydrogen) atoms. The summed E-state index contributed by atoms with van der Waals surface area (Å²) in [6.45, 7) is 3.69. The number of hydrogen-bond acceptors (Lipinski definition) is 3. The third-order valence-electron chi connectivity index (χ3n) is 2.80. The molecular weight excluding hydrogens is 224 g/mol. The van der Waals surface area contributed by atoms with Crippen LogP contribution in [0.25, 0.3) is 0 Å². The molecule has 0 aliphatic rings. The molecule has 0 radical (unpaired) electrons. The van der Waals surface area contributed by atoms with Gasteiger partial charge in [-0.1, -0.05) is 23.8 Å². The lowest BCUT2D eigenvalue weighted by atomic mass is 10.1. The average molecular weight is 242 g/mol. The zero-order valence-corrected chi connectivity index (χ0v) is 10.8. The number of aromatic nitrogens is 1. The molecule has 0 bridgehead atoms. The molecule has 0 aliphatic heterocycles. The molecule has 0 saturated carbocycles. The first-order valence-electron chi connectivity index (χ1n) is 6.03. The molecule has 94 valence electrons. The highest BCUT2D eigenvalue weighted by Crippen LogP contribution is 2.19. The number of nitrogens with one attached hydrogen (secondary N) is 1. The van der Waals surface area contributed by atoms with E-state index in [1.165, 1.54) is 16.7 Å². The van der Waals surface area contributed by atoms with Crippen molar-refractivity contribution in [1.29, 1.82) is 0 Å². The first-order chi connectivity index (χ1) is 8.79. The van der Waals surface area contributed by atoms with E-state index in [1.807, 2.05) is 18.3 Å². The topological polar surface area (TPSA) is 34.1 Å². The van der Waals surface area contributed by atoms with Gasteiger partial charge in [-0.3, -0.25) is 4.98 Å². The molecule has 1 N–H and O–H groups in total. The van der Waals surface area contributed by atoms with Gasteiger partial charge in [-0.05, 0) is 24.6 Å². The number of benzene rings is 1. The minimum atomic E-state index is 0.791. The van der Waals surface area contributed by atoms with Gasteiger partial charge < -0.3 is 10.1 Å². The van der Waals surface area contributed by atoms with Gasteiger partial charge in [0.25, 0.3) is 0 Å². The van der Waals surface area contributed by atoms with Crippen LogP contribution < -0.4 is 10.1 Å². The van der Waals surface area contributed by atoms with Gasteiger partial charge in [0.1, 0.15) is 5.75 Å². The zero-order chi connectivity index (χ0) is 12.8. The van der Waals surface area contributed by atoms with E-state index in [1.54, 1.807) is 13.3 Å². The van der Waals surface area contributed by atoms with E-state index >= 15 is 0 Å². The first-order valence-corrected chi connectivity index (χ1v) is 6.03. The largest absolute Gasteiger partial charge is 0.496 e. The van der Waals surface area contributed by atoms with Crippen LogP contribution in [-0.4, -0.2) is 12.1 Å². The predicted octanol–water partition coefficient (Wildman–Crippen LogP) is 2.69. The van der Waals surface area contributed by atoms with Crippen LogP contribution in [0.4, 0.5) is 0 Å². The van der Waals surface area contributed by atoms with Crippen molar-refractivity contribution in [3.8, 4) is 5.75 Å². The molecule has 0 unspecified atom stereocenters. The molecule has 3 heteroatoms. The first kappa shape index (κ1) is 12.6. The van der Waals surface area contributed by atoms with Crippen molar-refractivity contribution >= 4 is 0 Å². The van der Waals surface area contributed by atoms with Gasteiger partial charge in [-0.2, -0.15) is 0 Å². The van der Waals surface area contributed by atoms with Crippen molar-refractivity contribution in [3.05, 3.63) is 59.4 Å². The van der Waals surface area contributed by atoms with E-state index in [9.17, 15) is 0 Å². The second-order valence-corrected chi connectivity index (χ2v) is 4.28. The Labute approximate surface area is 108 Å². The molecule has 0 saturated heterocycles. The van der Waals surface area contributed by atoms with Gasteiger partial charge in [-0.15, -0.1) is 0 Å². The van der Waals surface area contributed by atoms with Gasteiger partial charge in [0.05, 0.1) is 7.11 Å². The molecule has 1 aromatic carbocycles. The minimum Gasteiger partial charge on any atom is -0.496 e. The quantitative estimate of drug-likeness (QED) is 0.875.